The van der Waals surface area contributed by atoms with Gasteiger partial charge in [0.15, 0.2) is 0 Å². The summed E-state index contributed by atoms with van der Waals surface area (Å²) in [5.41, 5.74) is 2.82. The molecule has 0 radical (unpaired) electrons. The van der Waals surface area contributed by atoms with Crippen molar-refractivity contribution in [1.29, 1.82) is 0 Å². The summed E-state index contributed by atoms with van der Waals surface area (Å²) in [6, 6.07) is 15.4. The third kappa shape index (κ3) is 4.57. The van der Waals surface area contributed by atoms with Crippen molar-refractivity contribution in [3.63, 3.8) is 0 Å². The topological polar surface area (TPSA) is 73.5 Å². The molecule has 7 nitrogen and oxygen atoms in total. The summed E-state index contributed by atoms with van der Waals surface area (Å²) in [6.45, 7) is 8.00. The Kier molecular flexibility index (Phi) is 6.18. The number of anilines is 2. The molecule has 4 rings (SSSR count). The molecule has 1 fully saturated rings. The first kappa shape index (κ1) is 20.2. The number of ether oxygens (including phenoxy) is 1. The van der Waals surface area contributed by atoms with Crippen LogP contribution in [0.4, 0.5) is 11.6 Å². The fourth-order valence-electron chi connectivity index (χ4n) is 3.84. The van der Waals surface area contributed by atoms with Crippen LogP contribution in [0.5, 0.6) is 5.75 Å². The highest BCUT2D eigenvalue weighted by Crippen LogP contribution is 2.20. The lowest BCUT2D eigenvalue weighted by Crippen LogP contribution is -2.44. The average Bonchev–Trinajstić information content (AvgIpc) is 3.04. The number of para-hydroxylation sites is 2. The van der Waals surface area contributed by atoms with Gasteiger partial charge in [0.1, 0.15) is 5.75 Å². The molecule has 1 atom stereocenters. The van der Waals surface area contributed by atoms with Gasteiger partial charge in [-0.1, -0.05) is 12.1 Å². The molecule has 0 bridgehead atoms. The zero-order valence-corrected chi connectivity index (χ0v) is 17.6. The van der Waals surface area contributed by atoms with Crippen LogP contribution < -0.4 is 15.0 Å². The first-order valence-corrected chi connectivity index (χ1v) is 10.6. The normalized spacial score (nSPS) is 16.3. The van der Waals surface area contributed by atoms with Crippen molar-refractivity contribution in [3.8, 4) is 5.75 Å². The molecule has 2 N–H and O–H groups in total. The van der Waals surface area contributed by atoms with E-state index in [1.807, 2.05) is 62.4 Å². The van der Waals surface area contributed by atoms with Gasteiger partial charge in [-0.15, -0.1) is 0 Å². The molecule has 1 aliphatic heterocycles. The zero-order valence-electron chi connectivity index (χ0n) is 17.6. The number of imidazole rings is 1. The molecule has 2 aromatic carbocycles. The van der Waals surface area contributed by atoms with E-state index in [9.17, 15) is 4.79 Å². The zero-order chi connectivity index (χ0) is 20.9. The molecule has 2 heterocycles. The van der Waals surface area contributed by atoms with Gasteiger partial charge in [0.25, 0.3) is 0 Å². The Labute approximate surface area is 177 Å². The molecule has 1 aliphatic rings. The Bertz CT molecular complexity index is 952. The summed E-state index contributed by atoms with van der Waals surface area (Å²) in [7, 11) is 0. The average molecular weight is 408 g/mol. The second-order valence-corrected chi connectivity index (χ2v) is 7.58. The van der Waals surface area contributed by atoms with E-state index in [4.69, 9.17) is 9.72 Å². The fraction of sp³-hybridized carbons (Fsp3) is 0.391. The maximum Gasteiger partial charge on any atom is 0.241 e. The van der Waals surface area contributed by atoms with Gasteiger partial charge in [0.2, 0.25) is 11.9 Å². The number of H-pyrrole nitrogens is 1. The lowest BCUT2D eigenvalue weighted by molar-refractivity contribution is -0.120. The van der Waals surface area contributed by atoms with E-state index in [1.54, 1.807) is 0 Å². The summed E-state index contributed by atoms with van der Waals surface area (Å²) in [4.78, 5) is 25.4. The largest absolute Gasteiger partial charge is 0.494 e. The number of rotatable bonds is 6. The molecule has 3 aromatic rings. The molecule has 158 valence electrons. The second-order valence-electron chi connectivity index (χ2n) is 7.58. The number of nitrogens with one attached hydrogen (secondary N) is 2. The number of benzene rings is 2. The quantitative estimate of drug-likeness (QED) is 0.654. The molecule has 1 unspecified atom stereocenters. The fourth-order valence-corrected chi connectivity index (χ4v) is 3.84. The molecule has 0 aliphatic carbocycles. The van der Waals surface area contributed by atoms with E-state index in [1.165, 1.54) is 0 Å². The molecule has 0 saturated carbocycles. The van der Waals surface area contributed by atoms with Crippen molar-refractivity contribution in [2.45, 2.75) is 26.3 Å². The molecular weight excluding hydrogens is 378 g/mol. The first-order chi connectivity index (χ1) is 14.6. The lowest BCUT2D eigenvalue weighted by Gasteiger charge is -2.27. The Morgan fingerprint density at radius 1 is 1.13 bits per heavy atom. The van der Waals surface area contributed by atoms with Crippen molar-refractivity contribution in [3.05, 3.63) is 48.5 Å². The van der Waals surface area contributed by atoms with Crippen LogP contribution in [0.1, 0.15) is 20.3 Å². The number of fused-ring (bicyclic) bond motifs is 1. The molecule has 0 spiro atoms. The summed E-state index contributed by atoms with van der Waals surface area (Å²) < 4.78 is 5.45. The van der Waals surface area contributed by atoms with Gasteiger partial charge >= 0.3 is 0 Å². The predicted octanol–water partition coefficient (Wildman–Crippen LogP) is 3.50. The van der Waals surface area contributed by atoms with Gasteiger partial charge < -0.3 is 19.9 Å². The van der Waals surface area contributed by atoms with Gasteiger partial charge in [-0.2, -0.15) is 0 Å². The molecular formula is C23H29N5O2. The number of aromatic amines is 1. The minimum absolute atomic E-state index is 0.0105. The number of aromatic nitrogens is 2. The number of amides is 1. The SMILES string of the molecule is CCOc1ccc(NC(=O)C(C)N2CCCN(c3nc4ccccc4[nH]3)CC2)cc1. The maximum atomic E-state index is 12.8. The molecule has 1 saturated heterocycles. The van der Waals surface area contributed by atoms with Gasteiger partial charge in [-0.05, 0) is 56.7 Å². The van der Waals surface area contributed by atoms with Crippen LogP contribution in [-0.2, 0) is 4.79 Å². The Morgan fingerprint density at radius 3 is 2.70 bits per heavy atom. The molecule has 30 heavy (non-hydrogen) atoms. The van der Waals surface area contributed by atoms with Crippen LogP contribution in [0, 0.1) is 0 Å². The molecule has 1 aromatic heterocycles. The van der Waals surface area contributed by atoms with E-state index in [2.05, 4.69) is 20.1 Å². The van der Waals surface area contributed by atoms with Crippen molar-refractivity contribution >= 4 is 28.6 Å². The Hall–Kier alpha value is -3.06. The van der Waals surface area contributed by atoms with Crippen LogP contribution >= 0.6 is 0 Å². The van der Waals surface area contributed by atoms with Gasteiger partial charge in [-0.3, -0.25) is 9.69 Å². The highest BCUT2D eigenvalue weighted by Gasteiger charge is 2.25. The predicted molar refractivity (Wildman–Crippen MR) is 120 cm³/mol. The second kappa shape index (κ2) is 9.17. The molecule has 7 heteroatoms. The van der Waals surface area contributed by atoms with E-state index >= 15 is 0 Å². The van der Waals surface area contributed by atoms with Gasteiger partial charge in [0.05, 0.1) is 23.7 Å². The number of carbonyl (C=O) groups is 1. The number of carbonyl (C=O) groups excluding carboxylic acids is 1. The van der Waals surface area contributed by atoms with Crippen molar-refractivity contribution in [2.75, 3.05) is 43.0 Å². The smallest absolute Gasteiger partial charge is 0.241 e. The molecule has 1 amide bonds. The summed E-state index contributed by atoms with van der Waals surface area (Å²) in [6.07, 6.45) is 0.984. The van der Waals surface area contributed by atoms with E-state index < -0.39 is 0 Å². The van der Waals surface area contributed by atoms with Crippen molar-refractivity contribution < 1.29 is 9.53 Å². The third-order valence-corrected chi connectivity index (χ3v) is 5.57. The standard InChI is InChI=1S/C23H29N5O2/c1-3-30-19-11-9-18(10-12-19)24-22(29)17(2)27-13-6-14-28(16-15-27)23-25-20-7-4-5-8-21(20)26-23/h4-5,7-12,17H,3,6,13-16H2,1-2H3,(H,24,29)(H,25,26). The van der Waals surface area contributed by atoms with Gasteiger partial charge in [0, 0.05) is 31.9 Å². The Morgan fingerprint density at radius 2 is 1.93 bits per heavy atom. The number of nitrogens with zero attached hydrogens (tertiary/aromatic N) is 3. The van der Waals surface area contributed by atoms with E-state index in [0.29, 0.717) is 6.61 Å². The van der Waals surface area contributed by atoms with E-state index in [0.717, 1.165) is 61.0 Å². The van der Waals surface area contributed by atoms with Crippen LogP contribution in [0.25, 0.3) is 11.0 Å². The van der Waals surface area contributed by atoms with Gasteiger partial charge in [-0.25, -0.2) is 4.98 Å². The van der Waals surface area contributed by atoms with Crippen molar-refractivity contribution in [2.24, 2.45) is 0 Å². The van der Waals surface area contributed by atoms with Crippen LogP contribution in [-0.4, -0.2) is 59.6 Å². The minimum Gasteiger partial charge on any atom is -0.494 e. The Balaban J connectivity index is 1.35. The first-order valence-electron chi connectivity index (χ1n) is 10.6. The number of hydrogen-bond acceptors (Lipinski definition) is 5. The highest BCUT2D eigenvalue weighted by atomic mass is 16.5. The lowest BCUT2D eigenvalue weighted by atomic mass is 10.2. The third-order valence-electron chi connectivity index (χ3n) is 5.57. The monoisotopic (exact) mass is 407 g/mol. The van der Waals surface area contributed by atoms with Crippen molar-refractivity contribution in [1.82, 2.24) is 14.9 Å². The van der Waals surface area contributed by atoms with Crippen LogP contribution in [0.2, 0.25) is 0 Å². The maximum absolute atomic E-state index is 12.8. The minimum atomic E-state index is -0.202. The summed E-state index contributed by atoms with van der Waals surface area (Å²) in [5, 5.41) is 3.02. The summed E-state index contributed by atoms with van der Waals surface area (Å²) >= 11 is 0. The number of hydrogen-bond donors (Lipinski definition) is 2. The highest BCUT2D eigenvalue weighted by molar-refractivity contribution is 5.94. The summed E-state index contributed by atoms with van der Waals surface area (Å²) in [5.74, 6) is 1.72. The van der Waals surface area contributed by atoms with Crippen LogP contribution in [0.15, 0.2) is 48.5 Å². The van der Waals surface area contributed by atoms with Crippen LogP contribution in [0.3, 0.4) is 0 Å². The van der Waals surface area contributed by atoms with E-state index in [-0.39, 0.29) is 11.9 Å².